The summed E-state index contributed by atoms with van der Waals surface area (Å²) in [4.78, 5) is 38.2. The number of fused-ring (bicyclic) bond motifs is 1. The highest BCUT2D eigenvalue weighted by Gasteiger charge is 2.41. The summed E-state index contributed by atoms with van der Waals surface area (Å²) in [6.07, 6.45) is 0. The maximum absolute atomic E-state index is 12.5. The van der Waals surface area contributed by atoms with Gasteiger partial charge in [-0.15, -0.1) is 0 Å². The summed E-state index contributed by atoms with van der Waals surface area (Å²) in [6, 6.07) is 10.2. The first-order valence-electron chi connectivity index (χ1n) is 7.47. The second kappa shape index (κ2) is 5.81. The summed E-state index contributed by atoms with van der Waals surface area (Å²) >= 11 is 0. The molecule has 24 heavy (non-hydrogen) atoms. The highest BCUT2D eigenvalue weighted by atomic mass is 16.3. The molecule has 0 bridgehead atoms. The lowest BCUT2D eigenvalue weighted by Crippen LogP contribution is -2.45. The standard InChI is InChI=1S/C18H16N2O4/c1-10-4-3-5-14-15(10)20(18(24)16(14)22)11(2)17(23)19-12-6-8-13(21)9-7-12/h3-9,11,21H,1-2H3,(H,19,23). The van der Waals surface area contributed by atoms with Crippen molar-refractivity contribution in [3.8, 4) is 5.75 Å². The molecule has 1 unspecified atom stereocenters. The van der Waals surface area contributed by atoms with Gasteiger partial charge in [0.2, 0.25) is 5.91 Å². The number of hydrogen-bond acceptors (Lipinski definition) is 4. The fourth-order valence-corrected chi connectivity index (χ4v) is 2.77. The molecule has 1 heterocycles. The van der Waals surface area contributed by atoms with Crippen molar-refractivity contribution in [1.29, 1.82) is 0 Å². The average Bonchev–Trinajstić information content (AvgIpc) is 2.82. The fraction of sp³-hybridized carbons (Fsp3) is 0.167. The Labute approximate surface area is 138 Å². The number of aromatic hydroxyl groups is 1. The van der Waals surface area contributed by atoms with Crippen LogP contribution in [0.4, 0.5) is 11.4 Å². The number of carbonyl (C=O) groups is 3. The number of benzene rings is 2. The van der Waals surface area contributed by atoms with Crippen LogP contribution >= 0.6 is 0 Å². The van der Waals surface area contributed by atoms with E-state index in [1.54, 1.807) is 44.2 Å². The number of aryl methyl sites for hydroxylation is 1. The molecule has 0 saturated heterocycles. The van der Waals surface area contributed by atoms with Crippen molar-refractivity contribution in [2.24, 2.45) is 0 Å². The van der Waals surface area contributed by atoms with Crippen molar-refractivity contribution in [3.05, 3.63) is 53.6 Å². The molecule has 0 aromatic heterocycles. The van der Waals surface area contributed by atoms with Gasteiger partial charge in [-0.05, 0) is 49.7 Å². The van der Waals surface area contributed by atoms with Crippen LogP contribution in [-0.2, 0) is 9.59 Å². The zero-order chi connectivity index (χ0) is 17.4. The Morgan fingerprint density at radius 2 is 1.79 bits per heavy atom. The number of hydrogen-bond donors (Lipinski definition) is 2. The molecule has 0 aliphatic carbocycles. The molecule has 0 saturated carbocycles. The van der Waals surface area contributed by atoms with E-state index in [-0.39, 0.29) is 5.75 Å². The molecule has 2 amide bonds. The topological polar surface area (TPSA) is 86.7 Å². The average molecular weight is 324 g/mol. The molecule has 1 atom stereocenters. The van der Waals surface area contributed by atoms with E-state index in [1.165, 1.54) is 17.0 Å². The van der Waals surface area contributed by atoms with Gasteiger partial charge in [-0.25, -0.2) is 0 Å². The maximum atomic E-state index is 12.5. The number of rotatable bonds is 3. The quantitative estimate of drug-likeness (QED) is 0.670. The van der Waals surface area contributed by atoms with E-state index < -0.39 is 23.6 Å². The van der Waals surface area contributed by atoms with Gasteiger partial charge in [-0.2, -0.15) is 0 Å². The largest absolute Gasteiger partial charge is 0.508 e. The van der Waals surface area contributed by atoms with E-state index in [0.29, 0.717) is 16.9 Å². The van der Waals surface area contributed by atoms with E-state index >= 15 is 0 Å². The van der Waals surface area contributed by atoms with Gasteiger partial charge in [0.15, 0.2) is 0 Å². The molecule has 122 valence electrons. The minimum Gasteiger partial charge on any atom is -0.508 e. The van der Waals surface area contributed by atoms with Gasteiger partial charge in [-0.1, -0.05) is 12.1 Å². The Kier molecular flexibility index (Phi) is 3.81. The van der Waals surface area contributed by atoms with Crippen molar-refractivity contribution in [3.63, 3.8) is 0 Å². The van der Waals surface area contributed by atoms with Crippen LogP contribution in [0.3, 0.4) is 0 Å². The normalized spacial score (nSPS) is 14.5. The smallest absolute Gasteiger partial charge is 0.300 e. The third kappa shape index (κ3) is 2.52. The summed E-state index contributed by atoms with van der Waals surface area (Å²) < 4.78 is 0. The Hall–Kier alpha value is -3.15. The van der Waals surface area contributed by atoms with Crippen LogP contribution in [0.15, 0.2) is 42.5 Å². The molecular formula is C18H16N2O4. The van der Waals surface area contributed by atoms with E-state index in [9.17, 15) is 19.5 Å². The van der Waals surface area contributed by atoms with Crippen molar-refractivity contribution >= 4 is 29.0 Å². The first kappa shape index (κ1) is 15.7. The third-order valence-electron chi connectivity index (χ3n) is 4.04. The van der Waals surface area contributed by atoms with Crippen molar-refractivity contribution in [2.75, 3.05) is 10.2 Å². The van der Waals surface area contributed by atoms with E-state index in [0.717, 1.165) is 5.56 Å². The van der Waals surface area contributed by atoms with Gasteiger partial charge in [-0.3, -0.25) is 19.3 Å². The van der Waals surface area contributed by atoms with Gasteiger partial charge >= 0.3 is 0 Å². The highest BCUT2D eigenvalue weighted by Crippen LogP contribution is 2.34. The molecule has 6 nitrogen and oxygen atoms in total. The summed E-state index contributed by atoms with van der Waals surface area (Å²) in [5.74, 6) is -1.63. The predicted molar refractivity (Wildman–Crippen MR) is 89.2 cm³/mol. The SMILES string of the molecule is Cc1cccc2c1N(C(C)C(=O)Nc1ccc(O)cc1)C(=O)C2=O. The van der Waals surface area contributed by atoms with Gasteiger partial charge in [0.25, 0.3) is 11.7 Å². The molecule has 1 aliphatic heterocycles. The summed E-state index contributed by atoms with van der Waals surface area (Å²) in [5.41, 5.74) is 2.06. The van der Waals surface area contributed by atoms with Crippen LogP contribution in [0.1, 0.15) is 22.8 Å². The summed E-state index contributed by atoms with van der Waals surface area (Å²) in [7, 11) is 0. The second-order valence-electron chi connectivity index (χ2n) is 5.69. The Morgan fingerprint density at radius 3 is 2.46 bits per heavy atom. The second-order valence-corrected chi connectivity index (χ2v) is 5.69. The lowest BCUT2D eigenvalue weighted by Gasteiger charge is -2.25. The van der Waals surface area contributed by atoms with Gasteiger partial charge < -0.3 is 10.4 Å². The van der Waals surface area contributed by atoms with Crippen LogP contribution in [-0.4, -0.2) is 28.7 Å². The third-order valence-corrected chi connectivity index (χ3v) is 4.04. The van der Waals surface area contributed by atoms with Crippen LogP contribution in [0.5, 0.6) is 5.75 Å². The number of phenolic OH excluding ortho intramolecular Hbond substituents is 1. The molecule has 0 radical (unpaired) electrons. The Morgan fingerprint density at radius 1 is 1.12 bits per heavy atom. The van der Waals surface area contributed by atoms with Crippen LogP contribution in [0.2, 0.25) is 0 Å². The molecule has 2 N–H and O–H groups in total. The Bertz CT molecular complexity index is 843. The van der Waals surface area contributed by atoms with Gasteiger partial charge in [0, 0.05) is 5.69 Å². The minimum absolute atomic E-state index is 0.0888. The number of carbonyl (C=O) groups excluding carboxylic acids is 3. The molecular weight excluding hydrogens is 308 g/mol. The molecule has 0 fully saturated rings. The number of ketones is 1. The van der Waals surface area contributed by atoms with Crippen LogP contribution in [0.25, 0.3) is 0 Å². The van der Waals surface area contributed by atoms with Crippen molar-refractivity contribution < 1.29 is 19.5 Å². The predicted octanol–water partition coefficient (Wildman–Crippen LogP) is 2.26. The molecule has 2 aromatic carbocycles. The lowest BCUT2D eigenvalue weighted by molar-refractivity contribution is -0.120. The van der Waals surface area contributed by atoms with E-state index in [4.69, 9.17) is 0 Å². The highest BCUT2D eigenvalue weighted by molar-refractivity contribution is 6.53. The number of Topliss-reactive ketones (excluding diaryl/α,β-unsaturated/α-hetero) is 1. The number of nitrogens with one attached hydrogen (secondary N) is 1. The molecule has 2 aromatic rings. The summed E-state index contributed by atoms with van der Waals surface area (Å²) in [5, 5.41) is 11.9. The molecule has 0 spiro atoms. The number of nitrogens with zero attached hydrogens (tertiary/aromatic N) is 1. The minimum atomic E-state index is -0.849. The van der Waals surface area contributed by atoms with Crippen LogP contribution in [0, 0.1) is 6.92 Å². The first-order valence-corrected chi connectivity index (χ1v) is 7.47. The van der Waals surface area contributed by atoms with Crippen LogP contribution < -0.4 is 10.2 Å². The molecule has 3 rings (SSSR count). The van der Waals surface area contributed by atoms with E-state index in [1.807, 2.05) is 0 Å². The zero-order valence-electron chi connectivity index (χ0n) is 13.2. The van der Waals surface area contributed by atoms with Crippen molar-refractivity contribution in [2.45, 2.75) is 19.9 Å². The number of anilines is 2. The zero-order valence-corrected chi connectivity index (χ0v) is 13.2. The number of phenols is 1. The monoisotopic (exact) mass is 324 g/mol. The lowest BCUT2D eigenvalue weighted by atomic mass is 10.1. The fourth-order valence-electron chi connectivity index (χ4n) is 2.77. The van der Waals surface area contributed by atoms with Gasteiger partial charge in [0.05, 0.1) is 11.3 Å². The Balaban J connectivity index is 1.88. The first-order chi connectivity index (χ1) is 11.4. The number of amides is 2. The molecule has 1 aliphatic rings. The maximum Gasteiger partial charge on any atom is 0.300 e. The van der Waals surface area contributed by atoms with E-state index in [2.05, 4.69) is 5.32 Å². The van der Waals surface area contributed by atoms with Gasteiger partial charge in [0.1, 0.15) is 11.8 Å². The molecule has 6 heteroatoms. The van der Waals surface area contributed by atoms with Crippen molar-refractivity contribution in [1.82, 2.24) is 0 Å². The number of para-hydroxylation sites is 1. The summed E-state index contributed by atoms with van der Waals surface area (Å²) in [6.45, 7) is 3.37.